The minimum Gasteiger partial charge on any atom is -0.480 e. The number of aromatic nitrogens is 1. The molecule has 0 aliphatic heterocycles. The first-order chi connectivity index (χ1) is 14.9. The zero-order chi connectivity index (χ0) is 22.0. The van der Waals surface area contributed by atoms with Crippen LogP contribution in [0.1, 0.15) is 32.4 Å². The van der Waals surface area contributed by atoms with Gasteiger partial charge < -0.3 is 15.2 Å². The van der Waals surface area contributed by atoms with Gasteiger partial charge in [0.15, 0.2) is 5.13 Å². The Morgan fingerprint density at radius 1 is 1.06 bits per heavy atom. The number of amides is 2. The lowest BCUT2D eigenvalue weighted by Gasteiger charge is -2.14. The first kappa shape index (κ1) is 20.5. The molecule has 4 rings (SSSR count). The van der Waals surface area contributed by atoms with Crippen molar-refractivity contribution < 1.29 is 24.2 Å². The zero-order valence-corrected chi connectivity index (χ0v) is 17.4. The molecule has 3 N–H and O–H groups in total. The fourth-order valence-corrected chi connectivity index (χ4v) is 4.49. The molecule has 0 fully saturated rings. The summed E-state index contributed by atoms with van der Waals surface area (Å²) >= 11 is 0.955. The Morgan fingerprint density at radius 3 is 2.29 bits per heavy atom. The first-order valence-electron chi connectivity index (χ1n) is 9.53. The van der Waals surface area contributed by atoms with E-state index in [9.17, 15) is 14.4 Å². The summed E-state index contributed by atoms with van der Waals surface area (Å²) in [5.41, 5.74) is 4.89. The van der Waals surface area contributed by atoms with Crippen LogP contribution in [-0.2, 0) is 9.53 Å². The predicted molar refractivity (Wildman–Crippen MR) is 116 cm³/mol. The quantitative estimate of drug-likeness (QED) is 0.542. The molecule has 1 heterocycles. The Morgan fingerprint density at radius 2 is 1.68 bits per heavy atom. The molecular weight excluding hydrogens is 418 g/mol. The number of hydrogen-bond acceptors (Lipinski definition) is 6. The number of carbonyl (C=O) groups is 3. The maximum atomic E-state index is 12.4. The lowest BCUT2D eigenvalue weighted by molar-refractivity contribution is -0.135. The van der Waals surface area contributed by atoms with Gasteiger partial charge in [-0.3, -0.25) is 14.9 Å². The van der Waals surface area contributed by atoms with Crippen molar-refractivity contribution in [2.24, 2.45) is 0 Å². The van der Waals surface area contributed by atoms with E-state index < -0.39 is 24.5 Å². The molecule has 0 radical (unpaired) electrons. The van der Waals surface area contributed by atoms with Gasteiger partial charge >= 0.3 is 12.1 Å². The second kappa shape index (κ2) is 8.57. The number of nitrogens with one attached hydrogen (secondary N) is 2. The van der Waals surface area contributed by atoms with Gasteiger partial charge in [0.05, 0.1) is 5.69 Å². The van der Waals surface area contributed by atoms with E-state index in [0.29, 0.717) is 5.69 Å². The molecule has 1 aromatic heterocycles. The molecule has 2 aromatic carbocycles. The molecule has 0 saturated heterocycles. The third-order valence-corrected chi connectivity index (χ3v) is 6.03. The van der Waals surface area contributed by atoms with Crippen molar-refractivity contribution in [3.63, 3.8) is 0 Å². The summed E-state index contributed by atoms with van der Waals surface area (Å²) < 4.78 is 5.47. The van der Waals surface area contributed by atoms with Crippen LogP contribution in [0.4, 0.5) is 9.93 Å². The van der Waals surface area contributed by atoms with E-state index in [2.05, 4.69) is 27.8 Å². The molecule has 3 aromatic rings. The van der Waals surface area contributed by atoms with Crippen LogP contribution in [-0.4, -0.2) is 41.2 Å². The van der Waals surface area contributed by atoms with Gasteiger partial charge in [-0.1, -0.05) is 59.9 Å². The molecule has 158 valence electrons. The highest BCUT2D eigenvalue weighted by atomic mass is 32.1. The van der Waals surface area contributed by atoms with Gasteiger partial charge in [0.1, 0.15) is 18.0 Å². The number of aryl methyl sites for hydroxylation is 1. The largest absolute Gasteiger partial charge is 0.480 e. The highest BCUT2D eigenvalue weighted by molar-refractivity contribution is 7.17. The number of benzene rings is 2. The highest BCUT2D eigenvalue weighted by Crippen LogP contribution is 2.44. The van der Waals surface area contributed by atoms with Crippen LogP contribution < -0.4 is 10.6 Å². The van der Waals surface area contributed by atoms with Crippen LogP contribution >= 0.6 is 11.3 Å². The third-order valence-electron chi connectivity index (χ3n) is 4.96. The number of anilines is 1. The number of aliphatic carboxylic acids is 1. The second-order valence-corrected chi connectivity index (χ2v) is 7.96. The number of thiazole rings is 1. The third kappa shape index (κ3) is 4.26. The Labute approximate surface area is 181 Å². The summed E-state index contributed by atoms with van der Waals surface area (Å²) in [6.45, 7) is 1.27. The monoisotopic (exact) mass is 437 g/mol. The number of fused-ring (bicyclic) bond motifs is 3. The number of hydrogen-bond donors (Lipinski definition) is 3. The maximum Gasteiger partial charge on any atom is 0.413 e. The molecule has 0 atom stereocenters. The van der Waals surface area contributed by atoms with Crippen molar-refractivity contribution in [2.45, 2.75) is 12.8 Å². The van der Waals surface area contributed by atoms with Gasteiger partial charge in [-0.05, 0) is 29.2 Å². The van der Waals surface area contributed by atoms with Crippen LogP contribution in [0, 0.1) is 6.92 Å². The lowest BCUT2D eigenvalue weighted by Crippen LogP contribution is -2.29. The lowest BCUT2D eigenvalue weighted by atomic mass is 9.98. The zero-order valence-electron chi connectivity index (χ0n) is 16.5. The maximum absolute atomic E-state index is 12.4. The van der Waals surface area contributed by atoms with Gasteiger partial charge in [-0.15, -0.1) is 0 Å². The van der Waals surface area contributed by atoms with Crippen molar-refractivity contribution in [1.29, 1.82) is 0 Å². The van der Waals surface area contributed by atoms with E-state index in [1.165, 1.54) is 0 Å². The number of carboxylic acids is 1. The van der Waals surface area contributed by atoms with Crippen molar-refractivity contribution >= 4 is 34.4 Å². The summed E-state index contributed by atoms with van der Waals surface area (Å²) in [4.78, 5) is 39.4. The summed E-state index contributed by atoms with van der Waals surface area (Å²) in [5, 5.41) is 13.7. The topological polar surface area (TPSA) is 118 Å². The van der Waals surface area contributed by atoms with Crippen molar-refractivity contribution in [2.75, 3.05) is 18.5 Å². The molecule has 0 saturated carbocycles. The second-order valence-electron chi connectivity index (χ2n) is 6.96. The molecule has 0 spiro atoms. The molecule has 0 bridgehead atoms. The van der Waals surface area contributed by atoms with E-state index in [1.54, 1.807) is 6.92 Å². The van der Waals surface area contributed by atoms with E-state index >= 15 is 0 Å². The summed E-state index contributed by atoms with van der Waals surface area (Å²) in [6.07, 6.45) is -0.673. The average molecular weight is 437 g/mol. The highest BCUT2D eigenvalue weighted by Gasteiger charge is 2.29. The molecule has 9 heteroatoms. The Balaban J connectivity index is 1.41. The number of carbonyl (C=O) groups excluding carboxylic acids is 2. The van der Waals surface area contributed by atoms with E-state index in [0.717, 1.165) is 33.6 Å². The summed E-state index contributed by atoms with van der Waals surface area (Å²) in [6, 6.07) is 16.1. The Hall–Kier alpha value is -3.72. The van der Waals surface area contributed by atoms with Crippen molar-refractivity contribution in [1.82, 2.24) is 10.3 Å². The molecular formula is C22H19N3O5S. The van der Waals surface area contributed by atoms with Crippen LogP contribution in [0.3, 0.4) is 0 Å². The van der Waals surface area contributed by atoms with Crippen molar-refractivity contribution in [3.8, 4) is 11.1 Å². The smallest absolute Gasteiger partial charge is 0.413 e. The minimum absolute atomic E-state index is 0.0615. The van der Waals surface area contributed by atoms with Crippen molar-refractivity contribution in [3.05, 3.63) is 70.2 Å². The van der Waals surface area contributed by atoms with E-state index in [1.807, 2.05) is 36.4 Å². The standard InChI is InChI=1S/C22H19N3O5S/c1-12-19(20(28)23-10-18(26)27)31-21(24-12)25-22(29)30-11-17-15-8-4-2-6-13(15)14-7-3-5-9-16(14)17/h2-9,17H,10-11H2,1H3,(H,23,28)(H,26,27)(H,24,25,29). The molecule has 2 amide bonds. The van der Waals surface area contributed by atoms with Gasteiger partial charge in [0.2, 0.25) is 0 Å². The summed E-state index contributed by atoms with van der Waals surface area (Å²) in [7, 11) is 0. The molecule has 1 aliphatic carbocycles. The Bertz CT molecular complexity index is 1130. The van der Waals surface area contributed by atoms with Crippen LogP contribution in [0.2, 0.25) is 0 Å². The van der Waals surface area contributed by atoms with Crippen LogP contribution in [0.5, 0.6) is 0 Å². The number of carboxylic acid groups (broad SMARTS) is 1. The predicted octanol–water partition coefficient (Wildman–Crippen LogP) is 3.63. The fourth-order valence-electron chi connectivity index (χ4n) is 3.62. The normalized spacial score (nSPS) is 12.0. The Kier molecular flexibility index (Phi) is 5.68. The number of nitrogens with zero attached hydrogens (tertiary/aromatic N) is 1. The minimum atomic E-state index is -1.15. The van der Waals surface area contributed by atoms with Gasteiger partial charge in [-0.25, -0.2) is 9.78 Å². The number of rotatable bonds is 6. The summed E-state index contributed by atoms with van der Waals surface area (Å²) in [5.74, 6) is -1.76. The van der Waals surface area contributed by atoms with Crippen LogP contribution in [0.25, 0.3) is 11.1 Å². The van der Waals surface area contributed by atoms with Gasteiger partial charge in [0.25, 0.3) is 5.91 Å². The molecule has 1 aliphatic rings. The average Bonchev–Trinajstić information content (AvgIpc) is 3.28. The van der Waals surface area contributed by atoms with Gasteiger partial charge in [0, 0.05) is 5.92 Å². The first-order valence-corrected chi connectivity index (χ1v) is 10.3. The molecule has 31 heavy (non-hydrogen) atoms. The van der Waals surface area contributed by atoms with E-state index in [4.69, 9.17) is 9.84 Å². The molecule has 0 unspecified atom stereocenters. The SMILES string of the molecule is Cc1nc(NC(=O)OCC2c3ccccc3-c3ccccc32)sc1C(=O)NCC(=O)O. The fraction of sp³-hybridized carbons (Fsp3) is 0.182. The number of ether oxygens (including phenoxy) is 1. The van der Waals surface area contributed by atoms with E-state index in [-0.39, 0.29) is 22.5 Å². The van der Waals surface area contributed by atoms with Gasteiger partial charge in [-0.2, -0.15) is 0 Å². The van der Waals surface area contributed by atoms with Crippen LogP contribution in [0.15, 0.2) is 48.5 Å². The molecule has 8 nitrogen and oxygen atoms in total.